The van der Waals surface area contributed by atoms with Gasteiger partial charge in [-0.05, 0) is 50.2 Å². The van der Waals surface area contributed by atoms with Crippen LogP contribution in [0.4, 0.5) is 5.69 Å². The van der Waals surface area contributed by atoms with E-state index >= 15 is 0 Å². The summed E-state index contributed by atoms with van der Waals surface area (Å²) in [4.78, 5) is 21.7. The minimum Gasteiger partial charge on any atom is -0.357 e. The van der Waals surface area contributed by atoms with Gasteiger partial charge in [0, 0.05) is 31.9 Å². The predicted octanol–water partition coefficient (Wildman–Crippen LogP) is 2.66. The SMILES string of the molecule is CCNC(=NCC(=O)N1CCCc2ccccc21)N1CCCC(C)C1. The molecule has 2 aliphatic rings. The summed E-state index contributed by atoms with van der Waals surface area (Å²) in [7, 11) is 0. The largest absolute Gasteiger partial charge is 0.357 e. The lowest BCUT2D eigenvalue weighted by atomic mass is 10.0. The first-order valence-electron chi connectivity index (χ1n) is 9.60. The normalized spacial score (nSPS) is 21.0. The van der Waals surface area contributed by atoms with Gasteiger partial charge in [-0.1, -0.05) is 25.1 Å². The molecule has 2 heterocycles. The van der Waals surface area contributed by atoms with Gasteiger partial charge in [-0.25, -0.2) is 4.99 Å². The molecule has 1 atom stereocenters. The minimum atomic E-state index is 0.0904. The number of anilines is 1. The van der Waals surface area contributed by atoms with Crippen molar-refractivity contribution in [1.82, 2.24) is 10.2 Å². The molecule has 1 unspecified atom stereocenters. The number of piperidine rings is 1. The second-order valence-electron chi connectivity index (χ2n) is 7.14. The zero-order valence-corrected chi connectivity index (χ0v) is 15.5. The van der Waals surface area contributed by atoms with Crippen molar-refractivity contribution in [2.75, 3.05) is 37.6 Å². The summed E-state index contributed by atoms with van der Waals surface area (Å²) in [5, 5.41) is 3.36. The van der Waals surface area contributed by atoms with Crippen LogP contribution in [0.1, 0.15) is 38.7 Å². The third-order valence-electron chi connectivity index (χ3n) is 5.07. The molecule has 0 spiro atoms. The van der Waals surface area contributed by atoms with Crippen molar-refractivity contribution in [2.24, 2.45) is 10.9 Å². The average Bonchev–Trinajstić information content (AvgIpc) is 2.64. The summed E-state index contributed by atoms with van der Waals surface area (Å²) in [6.45, 7) is 8.23. The van der Waals surface area contributed by atoms with Crippen molar-refractivity contribution in [3.8, 4) is 0 Å². The number of aryl methyl sites for hydroxylation is 1. The van der Waals surface area contributed by atoms with Gasteiger partial charge in [-0.2, -0.15) is 0 Å². The highest BCUT2D eigenvalue weighted by Gasteiger charge is 2.23. The van der Waals surface area contributed by atoms with E-state index < -0.39 is 0 Å². The Morgan fingerprint density at radius 3 is 2.92 bits per heavy atom. The van der Waals surface area contributed by atoms with E-state index in [9.17, 15) is 4.79 Å². The highest BCUT2D eigenvalue weighted by molar-refractivity contribution is 5.97. The molecule has 5 nitrogen and oxygen atoms in total. The van der Waals surface area contributed by atoms with E-state index in [1.54, 1.807) is 0 Å². The fourth-order valence-electron chi connectivity index (χ4n) is 3.83. The molecule has 5 heteroatoms. The molecule has 136 valence electrons. The van der Waals surface area contributed by atoms with Gasteiger partial charge in [0.25, 0.3) is 0 Å². The van der Waals surface area contributed by atoms with Crippen LogP contribution in [-0.2, 0) is 11.2 Å². The standard InChI is InChI=1S/C20H30N4O/c1-3-21-20(23-12-6-8-16(2)15-23)22-14-19(25)24-13-7-10-17-9-4-5-11-18(17)24/h4-5,9,11,16H,3,6-8,10,12-15H2,1-2H3,(H,21,22). The molecule has 0 aromatic heterocycles. The van der Waals surface area contributed by atoms with Gasteiger partial charge in [0.05, 0.1) is 0 Å². The van der Waals surface area contributed by atoms with Gasteiger partial charge >= 0.3 is 0 Å². The highest BCUT2D eigenvalue weighted by Crippen LogP contribution is 2.26. The topological polar surface area (TPSA) is 47.9 Å². The fraction of sp³-hybridized carbons (Fsp3) is 0.600. The van der Waals surface area contributed by atoms with E-state index in [1.165, 1.54) is 18.4 Å². The summed E-state index contributed by atoms with van der Waals surface area (Å²) >= 11 is 0. The molecule has 1 saturated heterocycles. The first-order valence-corrected chi connectivity index (χ1v) is 9.60. The van der Waals surface area contributed by atoms with Crippen molar-refractivity contribution in [3.05, 3.63) is 29.8 Å². The van der Waals surface area contributed by atoms with Crippen molar-refractivity contribution in [2.45, 2.75) is 39.5 Å². The molecule has 25 heavy (non-hydrogen) atoms. The van der Waals surface area contributed by atoms with Gasteiger partial charge in [-0.15, -0.1) is 0 Å². The van der Waals surface area contributed by atoms with Crippen LogP contribution in [0.5, 0.6) is 0 Å². The zero-order chi connectivity index (χ0) is 17.6. The molecule has 0 radical (unpaired) electrons. The molecule has 1 amide bonds. The van der Waals surface area contributed by atoms with Gasteiger partial charge in [0.2, 0.25) is 5.91 Å². The lowest BCUT2D eigenvalue weighted by Gasteiger charge is -2.34. The molecule has 0 bridgehead atoms. The molecule has 2 aliphatic heterocycles. The second kappa shape index (κ2) is 8.37. The zero-order valence-electron chi connectivity index (χ0n) is 15.5. The Balaban J connectivity index is 1.69. The fourth-order valence-corrected chi connectivity index (χ4v) is 3.83. The molecule has 1 N–H and O–H groups in total. The number of para-hydroxylation sites is 1. The maximum absolute atomic E-state index is 12.8. The number of hydrogen-bond acceptors (Lipinski definition) is 2. The van der Waals surface area contributed by atoms with E-state index in [0.29, 0.717) is 5.92 Å². The van der Waals surface area contributed by atoms with Crippen molar-refractivity contribution in [3.63, 3.8) is 0 Å². The molecule has 1 aromatic carbocycles. The highest BCUT2D eigenvalue weighted by atomic mass is 16.2. The number of amides is 1. The van der Waals surface area contributed by atoms with Crippen LogP contribution < -0.4 is 10.2 Å². The third-order valence-corrected chi connectivity index (χ3v) is 5.07. The Bertz CT molecular complexity index is 628. The smallest absolute Gasteiger partial charge is 0.248 e. The van der Waals surface area contributed by atoms with Gasteiger partial charge in [0.1, 0.15) is 6.54 Å². The van der Waals surface area contributed by atoms with Crippen LogP contribution >= 0.6 is 0 Å². The molecular weight excluding hydrogens is 312 g/mol. The van der Waals surface area contributed by atoms with Crippen LogP contribution in [0.3, 0.4) is 0 Å². The van der Waals surface area contributed by atoms with Gasteiger partial charge < -0.3 is 15.1 Å². The Morgan fingerprint density at radius 1 is 1.28 bits per heavy atom. The molecule has 1 aromatic rings. The van der Waals surface area contributed by atoms with Crippen molar-refractivity contribution < 1.29 is 4.79 Å². The number of likely N-dealkylation sites (tertiary alicyclic amines) is 1. The van der Waals surface area contributed by atoms with E-state index in [4.69, 9.17) is 0 Å². The number of aliphatic imine (C=N–C) groups is 1. The Kier molecular flexibility index (Phi) is 5.95. The predicted molar refractivity (Wildman–Crippen MR) is 103 cm³/mol. The second-order valence-corrected chi connectivity index (χ2v) is 7.14. The Hall–Kier alpha value is -2.04. The quantitative estimate of drug-likeness (QED) is 0.679. The van der Waals surface area contributed by atoms with Crippen molar-refractivity contribution >= 4 is 17.6 Å². The van der Waals surface area contributed by atoms with Crippen LogP contribution in [0.15, 0.2) is 29.3 Å². The van der Waals surface area contributed by atoms with Crippen molar-refractivity contribution in [1.29, 1.82) is 0 Å². The third kappa shape index (κ3) is 4.33. The Morgan fingerprint density at radius 2 is 2.12 bits per heavy atom. The number of benzene rings is 1. The molecule has 1 fully saturated rings. The number of fused-ring (bicyclic) bond motifs is 1. The summed E-state index contributed by atoms with van der Waals surface area (Å²) in [5.74, 6) is 1.66. The molecule has 0 saturated carbocycles. The van der Waals surface area contributed by atoms with Gasteiger partial charge in [0.15, 0.2) is 5.96 Å². The summed E-state index contributed by atoms with van der Waals surface area (Å²) in [6.07, 6.45) is 4.55. The van der Waals surface area contributed by atoms with Crippen LogP contribution in [0.25, 0.3) is 0 Å². The minimum absolute atomic E-state index is 0.0904. The number of rotatable bonds is 3. The number of guanidine groups is 1. The molecule has 0 aliphatic carbocycles. The maximum atomic E-state index is 12.8. The monoisotopic (exact) mass is 342 g/mol. The number of nitrogens with zero attached hydrogens (tertiary/aromatic N) is 3. The number of carbonyl (C=O) groups excluding carboxylic acids is 1. The van der Waals surface area contributed by atoms with Crippen LogP contribution in [0.2, 0.25) is 0 Å². The molecule has 3 rings (SSSR count). The van der Waals surface area contributed by atoms with Gasteiger partial charge in [-0.3, -0.25) is 4.79 Å². The first kappa shape index (κ1) is 17.8. The molecular formula is C20H30N4O. The lowest BCUT2D eigenvalue weighted by Crippen LogP contribution is -2.47. The number of nitrogens with one attached hydrogen (secondary N) is 1. The first-order chi connectivity index (χ1) is 12.2. The summed E-state index contributed by atoms with van der Waals surface area (Å²) in [6, 6.07) is 8.23. The van der Waals surface area contributed by atoms with E-state index in [1.807, 2.05) is 23.1 Å². The summed E-state index contributed by atoms with van der Waals surface area (Å²) < 4.78 is 0. The lowest BCUT2D eigenvalue weighted by molar-refractivity contribution is -0.117. The number of hydrogen-bond donors (Lipinski definition) is 1. The Labute approximate surface area is 151 Å². The summed E-state index contributed by atoms with van der Waals surface area (Å²) in [5.41, 5.74) is 2.33. The maximum Gasteiger partial charge on any atom is 0.248 e. The van der Waals surface area contributed by atoms with E-state index in [-0.39, 0.29) is 12.5 Å². The number of carbonyl (C=O) groups is 1. The van der Waals surface area contributed by atoms with Crippen LogP contribution in [0, 0.1) is 5.92 Å². The average molecular weight is 342 g/mol. The van der Waals surface area contributed by atoms with E-state index in [0.717, 1.165) is 50.7 Å². The van der Waals surface area contributed by atoms with Crippen LogP contribution in [-0.4, -0.2) is 49.5 Å². The van der Waals surface area contributed by atoms with E-state index in [2.05, 4.69) is 35.1 Å².